The standard InChI is InChI=1S/C7H13NO.ClH/c1-5-7(8)3-2-6(4-7)9-5;/h5-6H,2-4,8H2,1H3;1H. The van der Waals surface area contributed by atoms with Crippen LogP contribution in [-0.4, -0.2) is 17.7 Å². The molecule has 0 radical (unpaired) electrons. The molecule has 2 N–H and O–H groups in total. The van der Waals surface area contributed by atoms with Crippen molar-refractivity contribution in [2.45, 2.75) is 43.9 Å². The van der Waals surface area contributed by atoms with Crippen molar-refractivity contribution in [3.63, 3.8) is 0 Å². The molecule has 10 heavy (non-hydrogen) atoms. The van der Waals surface area contributed by atoms with Crippen LogP contribution in [0, 0.1) is 0 Å². The van der Waals surface area contributed by atoms with Crippen molar-refractivity contribution in [3.05, 3.63) is 0 Å². The van der Waals surface area contributed by atoms with Crippen LogP contribution in [0.5, 0.6) is 0 Å². The molecule has 2 rings (SSSR count). The van der Waals surface area contributed by atoms with Crippen LogP contribution >= 0.6 is 12.4 Å². The molecular weight excluding hydrogens is 150 g/mol. The van der Waals surface area contributed by atoms with Gasteiger partial charge in [0.15, 0.2) is 0 Å². The highest BCUT2D eigenvalue weighted by atomic mass is 35.5. The van der Waals surface area contributed by atoms with E-state index in [9.17, 15) is 0 Å². The molecule has 1 heterocycles. The Labute approximate surface area is 67.5 Å². The molecule has 3 atom stereocenters. The van der Waals surface area contributed by atoms with Gasteiger partial charge in [0.1, 0.15) is 0 Å². The van der Waals surface area contributed by atoms with Gasteiger partial charge in [0.25, 0.3) is 0 Å². The van der Waals surface area contributed by atoms with Crippen LogP contribution in [0.15, 0.2) is 0 Å². The number of nitrogens with two attached hydrogens (primary N) is 1. The SMILES string of the molecule is CC1OC2CCC1(N)C2.Cl. The average Bonchev–Trinajstić information content (AvgIpc) is 2.22. The van der Waals surface area contributed by atoms with Crippen molar-refractivity contribution < 1.29 is 4.74 Å². The summed E-state index contributed by atoms with van der Waals surface area (Å²) in [6.07, 6.45) is 4.23. The Morgan fingerprint density at radius 2 is 2.30 bits per heavy atom. The van der Waals surface area contributed by atoms with E-state index >= 15 is 0 Å². The van der Waals surface area contributed by atoms with Gasteiger partial charge in [0.05, 0.1) is 12.2 Å². The Balaban J connectivity index is 0.000000500. The lowest BCUT2D eigenvalue weighted by atomic mass is 9.94. The van der Waals surface area contributed by atoms with E-state index in [1.54, 1.807) is 0 Å². The normalized spacial score (nSPS) is 51.0. The predicted molar refractivity (Wildman–Crippen MR) is 42.4 cm³/mol. The molecule has 60 valence electrons. The second kappa shape index (κ2) is 2.36. The molecule has 0 aromatic rings. The molecule has 2 aliphatic rings. The first-order chi connectivity index (χ1) is 4.21. The van der Waals surface area contributed by atoms with E-state index < -0.39 is 0 Å². The molecule has 0 amide bonds. The minimum Gasteiger partial charge on any atom is -0.373 e. The van der Waals surface area contributed by atoms with Crippen molar-refractivity contribution in [2.24, 2.45) is 5.73 Å². The van der Waals surface area contributed by atoms with E-state index in [0.717, 1.165) is 6.42 Å². The third-order valence-corrected chi connectivity index (χ3v) is 2.75. The Bertz CT molecular complexity index is 142. The highest BCUT2D eigenvalue weighted by Gasteiger charge is 2.48. The van der Waals surface area contributed by atoms with Gasteiger partial charge in [0, 0.05) is 5.54 Å². The topological polar surface area (TPSA) is 35.2 Å². The molecule has 2 bridgehead atoms. The lowest BCUT2D eigenvalue weighted by molar-refractivity contribution is 0.00794. The van der Waals surface area contributed by atoms with Gasteiger partial charge in [-0.2, -0.15) is 0 Å². The minimum atomic E-state index is 0. The quantitative estimate of drug-likeness (QED) is 0.580. The molecule has 1 aliphatic heterocycles. The van der Waals surface area contributed by atoms with E-state index in [-0.39, 0.29) is 17.9 Å². The monoisotopic (exact) mass is 163 g/mol. The average molecular weight is 164 g/mol. The molecular formula is C7H14ClNO. The summed E-state index contributed by atoms with van der Waals surface area (Å²) >= 11 is 0. The van der Waals surface area contributed by atoms with Crippen LogP contribution in [0.2, 0.25) is 0 Å². The highest BCUT2D eigenvalue weighted by Crippen LogP contribution is 2.41. The van der Waals surface area contributed by atoms with Gasteiger partial charge in [-0.15, -0.1) is 12.4 Å². The third-order valence-electron chi connectivity index (χ3n) is 2.75. The zero-order valence-electron chi connectivity index (χ0n) is 6.17. The summed E-state index contributed by atoms with van der Waals surface area (Å²) in [5, 5.41) is 0. The lowest BCUT2D eigenvalue weighted by Gasteiger charge is -2.27. The lowest BCUT2D eigenvalue weighted by Crippen LogP contribution is -2.45. The molecule has 0 aromatic carbocycles. The summed E-state index contributed by atoms with van der Waals surface area (Å²) in [4.78, 5) is 0. The van der Waals surface area contributed by atoms with Crippen molar-refractivity contribution in [1.82, 2.24) is 0 Å². The zero-order chi connectivity index (χ0) is 6.48. The predicted octanol–water partition coefficient (Wildman–Crippen LogP) is 1.08. The van der Waals surface area contributed by atoms with Crippen molar-refractivity contribution in [2.75, 3.05) is 0 Å². The Hall–Kier alpha value is 0.210. The van der Waals surface area contributed by atoms with Crippen molar-refractivity contribution >= 4 is 12.4 Å². The first-order valence-electron chi connectivity index (χ1n) is 3.65. The van der Waals surface area contributed by atoms with Crippen LogP contribution < -0.4 is 5.73 Å². The minimum absolute atomic E-state index is 0. The van der Waals surface area contributed by atoms with Gasteiger partial charge in [0.2, 0.25) is 0 Å². The summed E-state index contributed by atoms with van der Waals surface area (Å²) in [7, 11) is 0. The van der Waals surface area contributed by atoms with Crippen LogP contribution in [0.25, 0.3) is 0 Å². The van der Waals surface area contributed by atoms with E-state index in [2.05, 4.69) is 6.92 Å². The summed E-state index contributed by atoms with van der Waals surface area (Å²) in [5.74, 6) is 0. The first kappa shape index (κ1) is 8.31. The van der Waals surface area contributed by atoms with Gasteiger partial charge in [-0.25, -0.2) is 0 Å². The molecule has 0 spiro atoms. The Morgan fingerprint density at radius 1 is 1.60 bits per heavy atom. The maximum Gasteiger partial charge on any atom is 0.0731 e. The Kier molecular flexibility index (Phi) is 1.96. The van der Waals surface area contributed by atoms with Gasteiger partial charge < -0.3 is 10.5 Å². The smallest absolute Gasteiger partial charge is 0.0731 e. The number of rotatable bonds is 0. The second-order valence-corrected chi connectivity index (χ2v) is 3.38. The van der Waals surface area contributed by atoms with Crippen molar-refractivity contribution in [3.8, 4) is 0 Å². The van der Waals surface area contributed by atoms with E-state index in [1.807, 2.05) is 0 Å². The maximum absolute atomic E-state index is 6.02. The van der Waals surface area contributed by atoms with Gasteiger partial charge in [-0.1, -0.05) is 0 Å². The van der Waals surface area contributed by atoms with Gasteiger partial charge in [-0.3, -0.25) is 0 Å². The highest BCUT2D eigenvalue weighted by molar-refractivity contribution is 5.85. The van der Waals surface area contributed by atoms with Crippen molar-refractivity contribution in [1.29, 1.82) is 0 Å². The van der Waals surface area contributed by atoms with Crippen LogP contribution in [0.4, 0.5) is 0 Å². The van der Waals surface area contributed by atoms with Gasteiger partial charge in [-0.05, 0) is 26.2 Å². The summed E-state index contributed by atoms with van der Waals surface area (Å²) in [5.41, 5.74) is 6.06. The molecule has 0 aromatic heterocycles. The molecule has 3 heteroatoms. The molecule has 2 fully saturated rings. The van der Waals surface area contributed by atoms with Crippen LogP contribution in [0.1, 0.15) is 26.2 Å². The van der Waals surface area contributed by atoms with Crippen LogP contribution in [-0.2, 0) is 4.74 Å². The zero-order valence-corrected chi connectivity index (χ0v) is 6.99. The Morgan fingerprint density at radius 3 is 2.50 bits per heavy atom. The molecule has 1 aliphatic carbocycles. The largest absolute Gasteiger partial charge is 0.373 e. The van der Waals surface area contributed by atoms with E-state index in [4.69, 9.17) is 10.5 Å². The summed E-state index contributed by atoms with van der Waals surface area (Å²) in [6, 6.07) is 0. The first-order valence-corrected chi connectivity index (χ1v) is 3.65. The molecule has 2 nitrogen and oxygen atoms in total. The van der Waals surface area contributed by atoms with E-state index in [1.165, 1.54) is 12.8 Å². The molecule has 3 unspecified atom stereocenters. The summed E-state index contributed by atoms with van der Waals surface area (Å²) < 4.78 is 5.54. The summed E-state index contributed by atoms with van der Waals surface area (Å²) in [6.45, 7) is 2.08. The fourth-order valence-electron chi connectivity index (χ4n) is 1.97. The third kappa shape index (κ3) is 0.949. The second-order valence-electron chi connectivity index (χ2n) is 3.38. The number of halogens is 1. The molecule has 1 saturated carbocycles. The number of hydrogen-bond acceptors (Lipinski definition) is 2. The fraction of sp³-hybridized carbons (Fsp3) is 1.00. The maximum atomic E-state index is 6.02. The van der Waals surface area contributed by atoms with E-state index in [0.29, 0.717) is 12.2 Å². The van der Waals surface area contributed by atoms with Crippen LogP contribution in [0.3, 0.4) is 0 Å². The number of ether oxygens (including phenoxy) is 1. The number of fused-ring (bicyclic) bond motifs is 2. The molecule has 1 saturated heterocycles. The fourth-order valence-corrected chi connectivity index (χ4v) is 1.97. The van der Waals surface area contributed by atoms with Gasteiger partial charge >= 0.3 is 0 Å². The number of hydrogen-bond donors (Lipinski definition) is 1.